The fourth-order valence-electron chi connectivity index (χ4n) is 3.41. The fraction of sp³-hybridized carbons (Fsp3) is 0.222. The molecule has 1 unspecified atom stereocenters. The number of aromatic hydroxyl groups is 1. The molecule has 35 heavy (non-hydrogen) atoms. The van der Waals surface area contributed by atoms with E-state index in [0.717, 1.165) is 5.56 Å². The van der Waals surface area contributed by atoms with Crippen molar-refractivity contribution >= 4 is 17.8 Å². The van der Waals surface area contributed by atoms with Crippen molar-refractivity contribution in [3.05, 3.63) is 90.5 Å². The number of carbonyl (C=O) groups excluding carboxylic acids is 1. The summed E-state index contributed by atoms with van der Waals surface area (Å²) in [6.45, 7) is 1.78. The Bertz CT molecular complexity index is 1050. The Kier molecular flexibility index (Phi) is 10.8. The predicted molar refractivity (Wildman–Crippen MR) is 138 cm³/mol. The highest BCUT2D eigenvalue weighted by Gasteiger charge is 2.27. The molecule has 3 aromatic rings. The summed E-state index contributed by atoms with van der Waals surface area (Å²) in [4.78, 5) is 28.4. The van der Waals surface area contributed by atoms with Crippen LogP contribution in [0.25, 0.3) is 11.1 Å². The quantitative estimate of drug-likeness (QED) is 0.211. The maximum absolute atomic E-state index is 11.8. The van der Waals surface area contributed by atoms with Crippen LogP contribution < -0.4 is 11.5 Å². The van der Waals surface area contributed by atoms with Gasteiger partial charge in [0.25, 0.3) is 0 Å². The number of aliphatic carboxylic acids is 1. The van der Waals surface area contributed by atoms with Gasteiger partial charge in [0.05, 0.1) is 0 Å². The molecule has 3 rings (SSSR count). The molecule has 0 aliphatic rings. The maximum atomic E-state index is 11.8. The number of amides is 1. The highest BCUT2D eigenvalue weighted by atomic mass is 16.4. The highest BCUT2D eigenvalue weighted by molar-refractivity contribution is 5.82. The smallest absolute Gasteiger partial charge is 0.326 e. The van der Waals surface area contributed by atoms with E-state index < -0.39 is 12.0 Å². The molecule has 0 aliphatic carbocycles. The second kappa shape index (κ2) is 14.0. The van der Waals surface area contributed by atoms with E-state index >= 15 is 0 Å². The SMILES string of the molecule is CC(=O)N(Cc1ccc(O)cc1)C(CCCN=C(N)N)C(=O)O.c1ccc(-c2ccccc2)cc1. The van der Waals surface area contributed by atoms with Gasteiger partial charge in [0.15, 0.2) is 5.96 Å². The van der Waals surface area contributed by atoms with Crippen molar-refractivity contribution in [1.29, 1.82) is 0 Å². The molecular formula is C27H32N4O4. The summed E-state index contributed by atoms with van der Waals surface area (Å²) >= 11 is 0. The molecule has 0 aliphatic heterocycles. The lowest BCUT2D eigenvalue weighted by Crippen LogP contribution is -2.43. The summed E-state index contributed by atoms with van der Waals surface area (Å²) in [7, 11) is 0. The number of nitrogens with zero attached hydrogens (tertiary/aromatic N) is 2. The van der Waals surface area contributed by atoms with Gasteiger partial charge < -0.3 is 26.6 Å². The zero-order chi connectivity index (χ0) is 25.6. The van der Waals surface area contributed by atoms with Gasteiger partial charge in [0, 0.05) is 20.0 Å². The molecule has 8 heteroatoms. The van der Waals surface area contributed by atoms with Crippen LogP contribution in [-0.4, -0.2) is 45.5 Å². The first-order valence-corrected chi connectivity index (χ1v) is 11.2. The van der Waals surface area contributed by atoms with Gasteiger partial charge in [-0.1, -0.05) is 72.8 Å². The number of guanidine groups is 1. The molecular weight excluding hydrogens is 444 g/mol. The van der Waals surface area contributed by atoms with Crippen LogP contribution in [0.15, 0.2) is 89.9 Å². The summed E-state index contributed by atoms with van der Waals surface area (Å²) in [5.41, 5.74) is 13.7. The largest absolute Gasteiger partial charge is 0.508 e. The Morgan fingerprint density at radius 2 is 1.40 bits per heavy atom. The molecule has 0 bridgehead atoms. The second-order valence-corrected chi connectivity index (χ2v) is 7.85. The third kappa shape index (κ3) is 9.59. The molecule has 0 heterocycles. The van der Waals surface area contributed by atoms with E-state index in [1.54, 1.807) is 12.1 Å². The molecule has 0 saturated carbocycles. The zero-order valence-electron chi connectivity index (χ0n) is 19.7. The van der Waals surface area contributed by atoms with Crippen LogP contribution in [0.5, 0.6) is 5.75 Å². The van der Waals surface area contributed by atoms with Gasteiger partial charge in [-0.3, -0.25) is 9.79 Å². The lowest BCUT2D eigenvalue weighted by Gasteiger charge is -2.28. The van der Waals surface area contributed by atoms with E-state index in [1.807, 2.05) is 12.1 Å². The van der Waals surface area contributed by atoms with Crippen molar-refractivity contribution in [1.82, 2.24) is 4.90 Å². The number of nitrogens with two attached hydrogens (primary N) is 2. The number of phenolic OH excluding ortho intramolecular Hbond substituents is 1. The number of carboxylic acids is 1. The summed E-state index contributed by atoms with van der Waals surface area (Å²) in [6, 6.07) is 26.1. The Labute approximate surface area is 205 Å². The van der Waals surface area contributed by atoms with Crippen LogP contribution in [0.3, 0.4) is 0 Å². The maximum Gasteiger partial charge on any atom is 0.326 e. The third-order valence-electron chi connectivity index (χ3n) is 5.17. The number of carboxylic acid groups (broad SMARTS) is 1. The van der Waals surface area contributed by atoms with Crippen molar-refractivity contribution < 1.29 is 19.8 Å². The van der Waals surface area contributed by atoms with Crippen LogP contribution in [-0.2, 0) is 16.1 Å². The summed E-state index contributed by atoms with van der Waals surface area (Å²) in [6.07, 6.45) is 0.679. The van der Waals surface area contributed by atoms with Crippen LogP contribution in [0.1, 0.15) is 25.3 Å². The van der Waals surface area contributed by atoms with Gasteiger partial charge in [-0.2, -0.15) is 0 Å². The van der Waals surface area contributed by atoms with Gasteiger partial charge in [0.1, 0.15) is 11.8 Å². The van der Waals surface area contributed by atoms with E-state index in [9.17, 15) is 19.8 Å². The van der Waals surface area contributed by atoms with E-state index in [-0.39, 0.29) is 30.6 Å². The van der Waals surface area contributed by atoms with Gasteiger partial charge in [-0.15, -0.1) is 0 Å². The van der Waals surface area contributed by atoms with Crippen molar-refractivity contribution in [2.24, 2.45) is 16.5 Å². The van der Waals surface area contributed by atoms with Crippen LogP contribution in [0, 0.1) is 0 Å². The lowest BCUT2D eigenvalue weighted by molar-refractivity contribution is -0.150. The minimum atomic E-state index is -1.08. The standard InChI is InChI=1S/C15H22N4O4.C12H10/c1-10(20)19(9-11-4-6-12(21)7-5-11)13(14(22)23)3-2-8-18-15(16)17;1-3-7-11(8-4-1)12-9-5-2-6-10-12/h4-7,13,21H,2-3,8-9H2,1H3,(H,22,23)(H4,16,17,18);1-10H. The van der Waals surface area contributed by atoms with Gasteiger partial charge in [-0.05, 0) is 41.7 Å². The molecule has 6 N–H and O–H groups in total. The Balaban J connectivity index is 0.000000298. The minimum Gasteiger partial charge on any atom is -0.508 e. The molecule has 8 nitrogen and oxygen atoms in total. The van der Waals surface area contributed by atoms with Crippen molar-refractivity contribution in [2.75, 3.05) is 6.54 Å². The summed E-state index contributed by atoms with van der Waals surface area (Å²) in [5, 5.41) is 18.7. The van der Waals surface area contributed by atoms with Crippen molar-refractivity contribution in [3.8, 4) is 16.9 Å². The number of rotatable bonds is 9. The van der Waals surface area contributed by atoms with E-state index in [4.69, 9.17) is 11.5 Å². The number of hydrogen-bond acceptors (Lipinski definition) is 4. The average Bonchev–Trinajstić information content (AvgIpc) is 2.85. The first kappa shape index (κ1) is 26.9. The summed E-state index contributed by atoms with van der Waals surface area (Å²) < 4.78 is 0. The molecule has 184 valence electrons. The number of aliphatic imine (C=N–C) groups is 1. The Morgan fingerprint density at radius 1 is 0.886 bits per heavy atom. The number of phenols is 1. The molecule has 0 fully saturated rings. The van der Waals surface area contributed by atoms with E-state index in [1.165, 1.54) is 35.1 Å². The predicted octanol–water partition coefficient (Wildman–Crippen LogP) is 3.60. The molecule has 0 aromatic heterocycles. The van der Waals surface area contributed by atoms with Crippen LogP contribution in [0.2, 0.25) is 0 Å². The molecule has 0 saturated heterocycles. The topological polar surface area (TPSA) is 142 Å². The van der Waals surface area contributed by atoms with Gasteiger partial charge in [-0.25, -0.2) is 4.79 Å². The molecule has 1 atom stereocenters. The Morgan fingerprint density at radius 3 is 1.83 bits per heavy atom. The number of benzene rings is 3. The zero-order valence-corrected chi connectivity index (χ0v) is 19.7. The molecule has 1 amide bonds. The average molecular weight is 477 g/mol. The lowest BCUT2D eigenvalue weighted by atomic mass is 10.1. The monoisotopic (exact) mass is 476 g/mol. The first-order valence-electron chi connectivity index (χ1n) is 11.2. The molecule has 0 radical (unpaired) electrons. The van der Waals surface area contributed by atoms with Crippen molar-refractivity contribution in [2.45, 2.75) is 32.4 Å². The fourth-order valence-corrected chi connectivity index (χ4v) is 3.41. The Hall–Kier alpha value is -4.33. The van der Waals surface area contributed by atoms with Crippen LogP contribution >= 0.6 is 0 Å². The molecule has 0 spiro atoms. The number of hydrogen-bond donors (Lipinski definition) is 4. The summed E-state index contributed by atoms with van der Waals surface area (Å²) in [5.74, 6) is -1.37. The third-order valence-corrected chi connectivity index (χ3v) is 5.17. The van der Waals surface area contributed by atoms with Gasteiger partial charge in [0.2, 0.25) is 5.91 Å². The number of carbonyl (C=O) groups is 2. The molecule has 3 aromatic carbocycles. The van der Waals surface area contributed by atoms with E-state index in [2.05, 4.69) is 53.5 Å². The van der Waals surface area contributed by atoms with E-state index in [0.29, 0.717) is 13.0 Å². The highest BCUT2D eigenvalue weighted by Crippen LogP contribution is 2.18. The normalized spacial score (nSPS) is 10.9. The van der Waals surface area contributed by atoms with Gasteiger partial charge >= 0.3 is 5.97 Å². The second-order valence-electron chi connectivity index (χ2n) is 7.85. The first-order chi connectivity index (χ1) is 16.8. The van der Waals surface area contributed by atoms with Crippen LogP contribution in [0.4, 0.5) is 0 Å². The van der Waals surface area contributed by atoms with Crippen molar-refractivity contribution in [3.63, 3.8) is 0 Å². The minimum absolute atomic E-state index is 0.0515.